The Kier molecular flexibility index (Phi) is 6.67. The van der Waals surface area contributed by atoms with Gasteiger partial charge in [0.25, 0.3) is 5.91 Å². The Morgan fingerprint density at radius 2 is 1.63 bits per heavy atom. The van der Waals surface area contributed by atoms with E-state index in [1.807, 2.05) is 86.1 Å². The number of hydrogen-bond acceptors (Lipinski definition) is 4. The van der Waals surface area contributed by atoms with E-state index < -0.39 is 5.97 Å². The van der Waals surface area contributed by atoms with Crippen molar-refractivity contribution in [2.24, 2.45) is 0 Å². The molecular formula is C24H27N3O3. The van der Waals surface area contributed by atoms with Crippen molar-refractivity contribution in [2.75, 3.05) is 13.7 Å². The molecule has 0 saturated heterocycles. The van der Waals surface area contributed by atoms with Crippen molar-refractivity contribution in [1.82, 2.24) is 14.7 Å². The predicted octanol–water partition coefficient (Wildman–Crippen LogP) is 3.79. The Hall–Kier alpha value is -3.41. The third kappa shape index (κ3) is 4.76. The highest BCUT2D eigenvalue weighted by Gasteiger charge is 2.20. The molecule has 0 bridgehead atoms. The summed E-state index contributed by atoms with van der Waals surface area (Å²) >= 11 is 0. The SMILES string of the molecule is Cc1nn(-c2ccccc2)c(C)c1CC(=O)OCC(=O)N(C)C(C)c1ccccc1. The lowest BCUT2D eigenvalue weighted by atomic mass is 10.1. The van der Waals surface area contributed by atoms with Crippen LogP contribution in [-0.2, 0) is 20.7 Å². The minimum absolute atomic E-state index is 0.0791. The van der Waals surface area contributed by atoms with Crippen molar-refractivity contribution in [3.63, 3.8) is 0 Å². The fourth-order valence-corrected chi connectivity index (χ4v) is 3.36. The monoisotopic (exact) mass is 405 g/mol. The molecule has 1 aromatic heterocycles. The molecular weight excluding hydrogens is 378 g/mol. The van der Waals surface area contributed by atoms with Gasteiger partial charge in [-0.3, -0.25) is 9.59 Å². The van der Waals surface area contributed by atoms with E-state index in [-0.39, 0.29) is 25.0 Å². The molecule has 1 heterocycles. The van der Waals surface area contributed by atoms with E-state index in [0.717, 1.165) is 28.2 Å². The van der Waals surface area contributed by atoms with Crippen molar-refractivity contribution >= 4 is 11.9 Å². The molecule has 2 aromatic carbocycles. The fourth-order valence-electron chi connectivity index (χ4n) is 3.36. The molecule has 0 radical (unpaired) electrons. The molecule has 1 amide bonds. The fraction of sp³-hybridized carbons (Fsp3) is 0.292. The summed E-state index contributed by atoms with van der Waals surface area (Å²) in [5, 5.41) is 4.55. The Labute approximate surface area is 177 Å². The number of aromatic nitrogens is 2. The minimum atomic E-state index is -0.442. The molecule has 156 valence electrons. The molecule has 0 spiro atoms. The van der Waals surface area contributed by atoms with Gasteiger partial charge < -0.3 is 9.64 Å². The van der Waals surface area contributed by atoms with Gasteiger partial charge in [-0.1, -0.05) is 48.5 Å². The summed E-state index contributed by atoms with van der Waals surface area (Å²) in [6.07, 6.45) is 0.0791. The molecule has 6 heteroatoms. The Morgan fingerprint density at radius 3 is 2.27 bits per heavy atom. The van der Waals surface area contributed by atoms with E-state index in [2.05, 4.69) is 5.10 Å². The normalized spacial score (nSPS) is 11.7. The van der Waals surface area contributed by atoms with Crippen LogP contribution in [0.25, 0.3) is 5.69 Å². The van der Waals surface area contributed by atoms with Crippen LogP contribution in [0, 0.1) is 13.8 Å². The molecule has 0 aliphatic heterocycles. The van der Waals surface area contributed by atoms with Crippen molar-refractivity contribution in [1.29, 1.82) is 0 Å². The number of carbonyl (C=O) groups is 2. The summed E-state index contributed by atoms with van der Waals surface area (Å²) < 4.78 is 7.09. The molecule has 0 fully saturated rings. The van der Waals surface area contributed by atoms with E-state index in [1.54, 1.807) is 11.9 Å². The van der Waals surface area contributed by atoms with Crippen molar-refractivity contribution < 1.29 is 14.3 Å². The van der Waals surface area contributed by atoms with Gasteiger partial charge in [-0.25, -0.2) is 4.68 Å². The summed E-state index contributed by atoms with van der Waals surface area (Å²) in [4.78, 5) is 26.5. The molecule has 1 unspecified atom stereocenters. The quantitative estimate of drug-likeness (QED) is 0.561. The zero-order valence-electron chi connectivity index (χ0n) is 17.8. The zero-order valence-corrected chi connectivity index (χ0v) is 17.8. The van der Waals surface area contributed by atoms with Crippen molar-refractivity contribution in [3.05, 3.63) is 83.2 Å². The number of nitrogens with zero attached hydrogens (tertiary/aromatic N) is 3. The van der Waals surface area contributed by atoms with E-state index >= 15 is 0 Å². The van der Waals surface area contributed by atoms with Crippen LogP contribution in [0.4, 0.5) is 0 Å². The highest BCUT2D eigenvalue weighted by atomic mass is 16.5. The average Bonchev–Trinajstić information content (AvgIpc) is 3.05. The van der Waals surface area contributed by atoms with Gasteiger partial charge in [0.15, 0.2) is 6.61 Å². The van der Waals surface area contributed by atoms with Gasteiger partial charge in [0.1, 0.15) is 0 Å². The average molecular weight is 405 g/mol. The molecule has 3 rings (SSSR count). The van der Waals surface area contributed by atoms with Gasteiger partial charge in [-0.2, -0.15) is 5.10 Å². The maximum atomic E-state index is 12.5. The maximum absolute atomic E-state index is 12.5. The van der Waals surface area contributed by atoms with Crippen LogP contribution in [-0.4, -0.2) is 40.2 Å². The van der Waals surface area contributed by atoms with Crippen LogP contribution < -0.4 is 0 Å². The van der Waals surface area contributed by atoms with Gasteiger partial charge in [-0.15, -0.1) is 0 Å². The smallest absolute Gasteiger partial charge is 0.310 e. The first kappa shape index (κ1) is 21.3. The molecule has 6 nitrogen and oxygen atoms in total. The number of esters is 1. The summed E-state index contributed by atoms with van der Waals surface area (Å²) in [5.41, 5.74) is 4.44. The van der Waals surface area contributed by atoms with Gasteiger partial charge >= 0.3 is 5.97 Å². The van der Waals surface area contributed by atoms with Crippen molar-refractivity contribution in [2.45, 2.75) is 33.2 Å². The van der Waals surface area contributed by atoms with E-state index in [1.165, 1.54) is 0 Å². The highest BCUT2D eigenvalue weighted by molar-refractivity contribution is 5.81. The third-order valence-electron chi connectivity index (χ3n) is 5.38. The number of likely N-dealkylation sites (N-methyl/N-ethyl adjacent to an activating group) is 1. The van der Waals surface area contributed by atoms with E-state index in [0.29, 0.717) is 0 Å². The number of para-hydroxylation sites is 1. The summed E-state index contributed by atoms with van der Waals surface area (Å²) in [6, 6.07) is 19.4. The van der Waals surface area contributed by atoms with Crippen LogP contribution in [0.5, 0.6) is 0 Å². The number of hydrogen-bond donors (Lipinski definition) is 0. The lowest BCUT2D eigenvalue weighted by molar-refractivity contribution is -0.151. The standard InChI is InChI=1S/C24H27N3O3/c1-17-22(19(3)27(25-17)21-13-9-6-10-14-21)15-24(29)30-16-23(28)26(4)18(2)20-11-7-5-8-12-20/h5-14,18H,15-16H2,1-4H3. The Balaban J connectivity index is 1.60. The topological polar surface area (TPSA) is 64.4 Å². The number of benzene rings is 2. The molecule has 30 heavy (non-hydrogen) atoms. The van der Waals surface area contributed by atoms with Crippen LogP contribution in [0.1, 0.15) is 35.5 Å². The Bertz CT molecular complexity index is 1010. The second-order valence-electron chi connectivity index (χ2n) is 7.33. The summed E-state index contributed by atoms with van der Waals surface area (Å²) in [6.45, 7) is 5.46. The lowest BCUT2D eigenvalue weighted by Crippen LogP contribution is -2.33. The van der Waals surface area contributed by atoms with Gasteiger partial charge in [-0.05, 0) is 38.5 Å². The maximum Gasteiger partial charge on any atom is 0.310 e. The number of ether oxygens (including phenoxy) is 1. The van der Waals surface area contributed by atoms with Crippen LogP contribution in [0.2, 0.25) is 0 Å². The first-order valence-corrected chi connectivity index (χ1v) is 9.95. The largest absolute Gasteiger partial charge is 0.455 e. The number of aryl methyl sites for hydroxylation is 1. The highest BCUT2D eigenvalue weighted by Crippen LogP contribution is 2.20. The molecule has 1 atom stereocenters. The van der Waals surface area contributed by atoms with Gasteiger partial charge in [0, 0.05) is 18.3 Å². The first-order chi connectivity index (χ1) is 14.4. The number of carbonyl (C=O) groups excluding carboxylic acids is 2. The van der Waals surface area contributed by atoms with Crippen LogP contribution in [0.3, 0.4) is 0 Å². The second-order valence-corrected chi connectivity index (χ2v) is 7.33. The molecule has 3 aromatic rings. The van der Waals surface area contributed by atoms with Crippen LogP contribution in [0.15, 0.2) is 60.7 Å². The number of rotatable bonds is 7. The Morgan fingerprint density at radius 1 is 1.03 bits per heavy atom. The van der Waals surface area contributed by atoms with Crippen LogP contribution >= 0.6 is 0 Å². The lowest BCUT2D eigenvalue weighted by Gasteiger charge is -2.25. The van der Waals surface area contributed by atoms with Gasteiger partial charge in [0.2, 0.25) is 0 Å². The minimum Gasteiger partial charge on any atom is -0.455 e. The zero-order chi connectivity index (χ0) is 21.7. The van der Waals surface area contributed by atoms with E-state index in [4.69, 9.17) is 4.74 Å². The molecule has 0 aliphatic carbocycles. The first-order valence-electron chi connectivity index (χ1n) is 9.95. The number of amides is 1. The van der Waals surface area contributed by atoms with E-state index in [9.17, 15) is 9.59 Å². The summed E-state index contributed by atoms with van der Waals surface area (Å²) in [5.74, 6) is -0.684. The van der Waals surface area contributed by atoms with Crippen molar-refractivity contribution in [3.8, 4) is 5.69 Å². The predicted molar refractivity (Wildman–Crippen MR) is 115 cm³/mol. The second kappa shape index (κ2) is 9.39. The molecule has 0 aliphatic rings. The summed E-state index contributed by atoms with van der Waals surface area (Å²) in [7, 11) is 1.71. The van der Waals surface area contributed by atoms with Gasteiger partial charge in [0.05, 0.1) is 23.8 Å². The third-order valence-corrected chi connectivity index (χ3v) is 5.38. The molecule has 0 saturated carbocycles. The molecule has 0 N–H and O–H groups in total.